The van der Waals surface area contributed by atoms with Crippen molar-refractivity contribution in [3.05, 3.63) is 53.9 Å². The van der Waals surface area contributed by atoms with Gasteiger partial charge in [0.05, 0.1) is 17.1 Å². The average molecular weight is 347 g/mol. The first-order chi connectivity index (χ1) is 11.6. The van der Waals surface area contributed by atoms with Gasteiger partial charge in [-0.1, -0.05) is 23.9 Å². The van der Waals surface area contributed by atoms with Crippen molar-refractivity contribution < 1.29 is 8.78 Å². The van der Waals surface area contributed by atoms with Gasteiger partial charge in [0.1, 0.15) is 5.82 Å². The molecule has 4 rings (SSSR count). The average Bonchev–Trinajstić information content (AvgIpc) is 2.96. The molecule has 5 nitrogen and oxygen atoms in total. The van der Waals surface area contributed by atoms with E-state index in [1.807, 2.05) is 4.90 Å². The third kappa shape index (κ3) is 2.50. The molecular formula is C16H15F2N5S. The van der Waals surface area contributed by atoms with Crippen molar-refractivity contribution in [3.8, 4) is 0 Å². The molecule has 8 heteroatoms. The maximum absolute atomic E-state index is 13.3. The van der Waals surface area contributed by atoms with Crippen LogP contribution in [0.15, 0.2) is 41.7 Å². The number of halogens is 2. The van der Waals surface area contributed by atoms with Gasteiger partial charge in [-0.3, -0.25) is 4.99 Å². The van der Waals surface area contributed by atoms with Gasteiger partial charge in [0.25, 0.3) is 0 Å². The summed E-state index contributed by atoms with van der Waals surface area (Å²) >= 11 is 1.50. The van der Waals surface area contributed by atoms with Gasteiger partial charge in [-0.25, -0.2) is 18.7 Å². The minimum atomic E-state index is -0.467. The summed E-state index contributed by atoms with van der Waals surface area (Å²) in [5.74, 6) is -0.0724. The van der Waals surface area contributed by atoms with Crippen molar-refractivity contribution in [2.45, 2.75) is 4.75 Å². The summed E-state index contributed by atoms with van der Waals surface area (Å²) in [6.07, 6.45) is 2.32. The number of hydrogen-bond acceptors (Lipinski definition) is 6. The first-order valence-corrected chi connectivity index (χ1v) is 8.36. The molecule has 0 amide bonds. The summed E-state index contributed by atoms with van der Waals surface area (Å²) in [6, 6.07) is 6.51. The van der Waals surface area contributed by atoms with Gasteiger partial charge in [-0.15, -0.1) is 0 Å². The zero-order valence-electron chi connectivity index (χ0n) is 12.7. The van der Waals surface area contributed by atoms with Gasteiger partial charge < -0.3 is 10.6 Å². The number of rotatable bonds is 2. The van der Waals surface area contributed by atoms with E-state index in [0.29, 0.717) is 30.8 Å². The van der Waals surface area contributed by atoms with Crippen LogP contribution in [0, 0.1) is 17.6 Å². The van der Waals surface area contributed by atoms with Gasteiger partial charge in [-0.2, -0.15) is 0 Å². The van der Waals surface area contributed by atoms with Crippen LogP contribution in [0.5, 0.6) is 0 Å². The van der Waals surface area contributed by atoms with E-state index in [1.54, 1.807) is 12.1 Å². The van der Waals surface area contributed by atoms with Gasteiger partial charge in [0.2, 0.25) is 5.95 Å². The quantitative estimate of drug-likeness (QED) is 0.902. The molecule has 2 N–H and O–H groups in total. The first kappa shape index (κ1) is 15.3. The second-order valence-corrected chi connectivity index (χ2v) is 7.31. The maximum atomic E-state index is 13.3. The highest BCUT2D eigenvalue weighted by Gasteiger charge is 2.51. The van der Waals surface area contributed by atoms with E-state index in [1.165, 1.54) is 23.9 Å². The molecule has 1 aromatic heterocycles. The number of aliphatic imine (C=N–C) groups is 1. The van der Waals surface area contributed by atoms with E-state index in [9.17, 15) is 8.78 Å². The van der Waals surface area contributed by atoms with Crippen molar-refractivity contribution in [1.82, 2.24) is 9.97 Å². The molecule has 124 valence electrons. The highest BCUT2D eigenvalue weighted by molar-refractivity contribution is 8.14. The Kier molecular flexibility index (Phi) is 3.64. The molecule has 2 atom stereocenters. The van der Waals surface area contributed by atoms with Crippen molar-refractivity contribution >= 4 is 22.9 Å². The molecule has 3 heterocycles. The fourth-order valence-corrected chi connectivity index (χ4v) is 4.67. The van der Waals surface area contributed by atoms with Crippen LogP contribution in [0.25, 0.3) is 0 Å². The van der Waals surface area contributed by atoms with Crippen molar-refractivity contribution in [2.24, 2.45) is 16.6 Å². The number of thioether (sulfide) groups is 1. The Morgan fingerprint density at radius 1 is 1.12 bits per heavy atom. The lowest BCUT2D eigenvalue weighted by Crippen LogP contribution is -2.39. The summed E-state index contributed by atoms with van der Waals surface area (Å²) in [6.45, 7) is 1.89. The van der Waals surface area contributed by atoms with E-state index in [2.05, 4.69) is 15.0 Å². The summed E-state index contributed by atoms with van der Waals surface area (Å²) in [5.41, 5.74) is 6.99. The van der Waals surface area contributed by atoms with Crippen molar-refractivity contribution in [1.29, 1.82) is 0 Å². The second-order valence-electron chi connectivity index (χ2n) is 5.96. The molecule has 2 aliphatic rings. The predicted octanol–water partition coefficient (Wildman–Crippen LogP) is 2.15. The Morgan fingerprint density at radius 2 is 1.83 bits per heavy atom. The molecule has 1 aromatic carbocycles. The van der Waals surface area contributed by atoms with Gasteiger partial charge in [0.15, 0.2) is 11.0 Å². The Morgan fingerprint density at radius 3 is 2.54 bits per heavy atom. The van der Waals surface area contributed by atoms with Gasteiger partial charge in [-0.05, 0) is 17.7 Å². The second kappa shape index (κ2) is 5.70. The Bertz CT molecular complexity index is 780. The number of anilines is 1. The number of hydrogen-bond donors (Lipinski definition) is 1. The Balaban J connectivity index is 1.72. The van der Waals surface area contributed by atoms with E-state index in [4.69, 9.17) is 5.73 Å². The summed E-state index contributed by atoms with van der Waals surface area (Å²) < 4.78 is 26.1. The minimum absolute atomic E-state index is 0.189. The normalized spacial score (nSPS) is 26.2. The van der Waals surface area contributed by atoms with Crippen molar-refractivity contribution in [3.63, 3.8) is 0 Å². The van der Waals surface area contributed by atoms with Crippen LogP contribution in [0.4, 0.5) is 14.7 Å². The Hall–Kier alpha value is -2.22. The third-order valence-electron chi connectivity index (χ3n) is 4.50. The van der Waals surface area contributed by atoms with Crippen LogP contribution in [-0.4, -0.2) is 34.8 Å². The molecule has 0 aliphatic carbocycles. The van der Waals surface area contributed by atoms with Crippen LogP contribution < -0.4 is 10.6 Å². The van der Waals surface area contributed by atoms with E-state index in [-0.39, 0.29) is 16.5 Å². The van der Waals surface area contributed by atoms with E-state index in [0.717, 1.165) is 18.0 Å². The molecule has 2 unspecified atom stereocenters. The molecule has 0 radical (unpaired) electrons. The zero-order chi connectivity index (χ0) is 16.7. The monoisotopic (exact) mass is 347 g/mol. The largest absolute Gasteiger partial charge is 0.379 e. The topological polar surface area (TPSA) is 67.4 Å². The summed E-state index contributed by atoms with van der Waals surface area (Å²) in [7, 11) is 0. The fourth-order valence-electron chi connectivity index (χ4n) is 3.37. The van der Waals surface area contributed by atoms with Crippen LogP contribution >= 0.6 is 11.8 Å². The number of amidine groups is 1. The highest BCUT2D eigenvalue weighted by atomic mass is 32.2. The minimum Gasteiger partial charge on any atom is -0.379 e. The molecule has 0 spiro atoms. The standard InChI is InChI=1S/C16H15F2N5S/c17-12-3-1-10(2-4-12)16-9-23(15-21-6-13(18)7-22-15)8-11(16)5-20-14(19)24-16/h1-4,6-7,11H,5,8-9H2,(H2,19,20). The smallest absolute Gasteiger partial charge is 0.225 e. The first-order valence-electron chi connectivity index (χ1n) is 7.54. The Labute approximate surface area is 142 Å². The molecule has 2 aliphatic heterocycles. The summed E-state index contributed by atoms with van der Waals surface area (Å²) in [4.78, 5) is 14.5. The summed E-state index contributed by atoms with van der Waals surface area (Å²) in [5, 5.41) is 0.525. The van der Waals surface area contributed by atoms with Crippen LogP contribution in [0.2, 0.25) is 0 Å². The zero-order valence-corrected chi connectivity index (χ0v) is 13.5. The van der Waals surface area contributed by atoms with E-state index < -0.39 is 5.82 Å². The fraction of sp³-hybridized carbons (Fsp3) is 0.312. The number of nitrogens with two attached hydrogens (primary N) is 1. The number of aromatic nitrogens is 2. The lowest BCUT2D eigenvalue weighted by atomic mass is 9.87. The number of fused-ring (bicyclic) bond motifs is 1. The van der Waals surface area contributed by atoms with Crippen molar-refractivity contribution in [2.75, 3.05) is 24.5 Å². The molecular weight excluding hydrogens is 332 g/mol. The van der Waals surface area contributed by atoms with Gasteiger partial charge >= 0.3 is 0 Å². The molecule has 0 bridgehead atoms. The van der Waals surface area contributed by atoms with Crippen LogP contribution in [0.1, 0.15) is 5.56 Å². The molecule has 24 heavy (non-hydrogen) atoms. The predicted molar refractivity (Wildman–Crippen MR) is 89.9 cm³/mol. The maximum Gasteiger partial charge on any atom is 0.225 e. The number of nitrogens with zero attached hydrogens (tertiary/aromatic N) is 4. The molecule has 2 aromatic rings. The van der Waals surface area contributed by atoms with Gasteiger partial charge in [0, 0.05) is 25.6 Å². The van der Waals surface area contributed by atoms with E-state index >= 15 is 0 Å². The number of benzene rings is 1. The van der Waals surface area contributed by atoms with Crippen LogP contribution in [0.3, 0.4) is 0 Å². The third-order valence-corrected chi connectivity index (χ3v) is 5.90. The lowest BCUT2D eigenvalue weighted by molar-refractivity contribution is 0.486. The molecule has 1 fully saturated rings. The highest BCUT2D eigenvalue weighted by Crippen LogP contribution is 2.50. The van der Waals surface area contributed by atoms with Crippen LogP contribution in [-0.2, 0) is 4.75 Å². The molecule has 1 saturated heterocycles. The molecule has 0 saturated carbocycles. The SMILES string of the molecule is NC1=NCC2CN(c3ncc(F)cn3)CC2(c2ccc(F)cc2)S1. The lowest BCUT2D eigenvalue weighted by Gasteiger charge is -2.36.